The van der Waals surface area contributed by atoms with Crippen molar-refractivity contribution in [1.82, 2.24) is 4.90 Å². The van der Waals surface area contributed by atoms with Gasteiger partial charge in [-0.3, -0.25) is 9.59 Å². The fourth-order valence-electron chi connectivity index (χ4n) is 4.49. The molecule has 2 aromatic rings. The Bertz CT molecular complexity index is 1110. The van der Waals surface area contributed by atoms with Crippen molar-refractivity contribution in [3.05, 3.63) is 64.2 Å². The molecule has 4 rings (SSSR count). The molecule has 0 aliphatic carbocycles. The highest BCUT2D eigenvalue weighted by Crippen LogP contribution is 2.42. The Morgan fingerprint density at radius 2 is 1.94 bits per heavy atom. The maximum atomic E-state index is 13.2. The van der Waals surface area contributed by atoms with Crippen LogP contribution in [0.1, 0.15) is 49.8 Å². The molecule has 2 heterocycles. The lowest BCUT2D eigenvalue weighted by Gasteiger charge is -2.28. The van der Waals surface area contributed by atoms with Crippen LogP contribution in [0.15, 0.2) is 48.0 Å². The maximum absolute atomic E-state index is 13.2. The first-order valence-electron chi connectivity index (χ1n) is 11.9. The molecule has 2 atom stereocenters. The van der Waals surface area contributed by atoms with Gasteiger partial charge in [-0.2, -0.15) is 0 Å². The highest BCUT2D eigenvalue weighted by molar-refractivity contribution is 6.46. The van der Waals surface area contributed by atoms with Gasteiger partial charge in [0, 0.05) is 23.7 Å². The van der Waals surface area contributed by atoms with Crippen LogP contribution >= 0.6 is 11.6 Å². The van der Waals surface area contributed by atoms with Crippen molar-refractivity contribution in [3.63, 3.8) is 0 Å². The molecule has 2 fully saturated rings. The summed E-state index contributed by atoms with van der Waals surface area (Å²) in [5, 5.41) is 11.7. The van der Waals surface area contributed by atoms with Crippen molar-refractivity contribution in [3.8, 4) is 11.5 Å². The lowest BCUT2D eigenvalue weighted by atomic mass is 9.95. The minimum absolute atomic E-state index is 0.0250. The molecule has 186 valence electrons. The Labute approximate surface area is 210 Å². The summed E-state index contributed by atoms with van der Waals surface area (Å²) in [6.45, 7) is 3.52. The molecular formula is C27H30ClNO6. The third kappa shape index (κ3) is 5.31. The Hall–Kier alpha value is -3.03. The zero-order valence-corrected chi connectivity index (χ0v) is 20.7. The van der Waals surface area contributed by atoms with E-state index in [1.54, 1.807) is 49.6 Å². The predicted molar refractivity (Wildman–Crippen MR) is 133 cm³/mol. The van der Waals surface area contributed by atoms with E-state index in [1.165, 1.54) is 4.90 Å². The monoisotopic (exact) mass is 499 g/mol. The Morgan fingerprint density at radius 3 is 2.60 bits per heavy atom. The van der Waals surface area contributed by atoms with E-state index in [4.69, 9.17) is 25.8 Å². The molecule has 0 radical (unpaired) electrons. The Morgan fingerprint density at radius 1 is 1.17 bits per heavy atom. The first-order chi connectivity index (χ1) is 16.9. The van der Waals surface area contributed by atoms with E-state index >= 15 is 0 Å². The SMILES string of the molecule is CCCCOc1ccc(C2/C(=C(\O)c3ccc(Cl)cc3)C(=O)C(=O)N2CC2CCCO2)cc1OC. The van der Waals surface area contributed by atoms with E-state index in [9.17, 15) is 14.7 Å². The Balaban J connectivity index is 1.78. The quantitative estimate of drug-likeness (QED) is 0.223. The zero-order chi connectivity index (χ0) is 24.9. The lowest BCUT2D eigenvalue weighted by molar-refractivity contribution is -0.140. The largest absolute Gasteiger partial charge is 0.507 e. The van der Waals surface area contributed by atoms with Gasteiger partial charge in [-0.05, 0) is 61.2 Å². The van der Waals surface area contributed by atoms with Crippen LogP contribution < -0.4 is 9.47 Å². The van der Waals surface area contributed by atoms with Crippen LogP contribution in [0.3, 0.4) is 0 Å². The van der Waals surface area contributed by atoms with Crippen molar-refractivity contribution in [2.75, 3.05) is 26.9 Å². The number of likely N-dealkylation sites (tertiary alicyclic amines) is 1. The van der Waals surface area contributed by atoms with Crippen LogP contribution in [0.25, 0.3) is 5.76 Å². The van der Waals surface area contributed by atoms with E-state index in [-0.39, 0.29) is 24.0 Å². The van der Waals surface area contributed by atoms with Gasteiger partial charge < -0.3 is 24.2 Å². The number of aliphatic hydroxyl groups is 1. The summed E-state index contributed by atoms with van der Waals surface area (Å²) in [6, 6.07) is 11.0. The van der Waals surface area contributed by atoms with Crippen LogP contribution in [0.5, 0.6) is 11.5 Å². The van der Waals surface area contributed by atoms with Gasteiger partial charge in [0.1, 0.15) is 5.76 Å². The summed E-state index contributed by atoms with van der Waals surface area (Å²) in [4.78, 5) is 27.9. The third-order valence-electron chi connectivity index (χ3n) is 6.34. The summed E-state index contributed by atoms with van der Waals surface area (Å²) in [5.74, 6) is -0.570. The van der Waals surface area contributed by atoms with Gasteiger partial charge in [0.25, 0.3) is 11.7 Å². The number of unbranched alkanes of at least 4 members (excludes halogenated alkanes) is 1. The van der Waals surface area contributed by atoms with E-state index in [0.717, 1.165) is 25.7 Å². The van der Waals surface area contributed by atoms with Gasteiger partial charge in [0.2, 0.25) is 0 Å². The molecule has 2 unspecified atom stereocenters. The molecular weight excluding hydrogens is 470 g/mol. The predicted octanol–water partition coefficient (Wildman–Crippen LogP) is 5.13. The number of hydrogen-bond acceptors (Lipinski definition) is 6. The van der Waals surface area contributed by atoms with Gasteiger partial charge in [0.15, 0.2) is 11.5 Å². The van der Waals surface area contributed by atoms with Gasteiger partial charge in [-0.25, -0.2) is 0 Å². The molecule has 2 aliphatic heterocycles. The van der Waals surface area contributed by atoms with Gasteiger partial charge >= 0.3 is 0 Å². The third-order valence-corrected chi connectivity index (χ3v) is 6.59. The molecule has 35 heavy (non-hydrogen) atoms. The van der Waals surface area contributed by atoms with E-state index in [0.29, 0.717) is 40.9 Å². The van der Waals surface area contributed by atoms with Gasteiger partial charge in [-0.1, -0.05) is 31.0 Å². The van der Waals surface area contributed by atoms with E-state index < -0.39 is 17.7 Å². The van der Waals surface area contributed by atoms with Crippen molar-refractivity contribution >= 4 is 29.1 Å². The minimum Gasteiger partial charge on any atom is -0.507 e. The molecule has 0 spiro atoms. The first-order valence-corrected chi connectivity index (χ1v) is 12.3. The fourth-order valence-corrected chi connectivity index (χ4v) is 4.61. The summed E-state index contributed by atoms with van der Waals surface area (Å²) in [7, 11) is 1.54. The average Bonchev–Trinajstić information content (AvgIpc) is 3.47. The molecule has 2 aromatic carbocycles. The minimum atomic E-state index is -0.798. The summed E-state index contributed by atoms with van der Waals surface area (Å²) in [6.07, 6.45) is 3.46. The highest BCUT2D eigenvalue weighted by atomic mass is 35.5. The number of carbonyl (C=O) groups excluding carboxylic acids is 2. The number of nitrogens with zero attached hydrogens (tertiary/aromatic N) is 1. The molecule has 2 aliphatic rings. The van der Waals surface area contributed by atoms with Crippen LogP contribution in [-0.4, -0.2) is 54.7 Å². The topological polar surface area (TPSA) is 85.3 Å². The van der Waals surface area contributed by atoms with E-state index in [2.05, 4.69) is 6.92 Å². The first kappa shape index (κ1) is 25.1. The van der Waals surface area contributed by atoms with Crippen molar-refractivity contribution in [1.29, 1.82) is 0 Å². The summed E-state index contributed by atoms with van der Waals surface area (Å²) < 4.78 is 17.2. The van der Waals surface area contributed by atoms with Crippen molar-refractivity contribution < 1.29 is 28.9 Å². The average molecular weight is 500 g/mol. The normalized spacial score (nSPS) is 21.5. The van der Waals surface area contributed by atoms with Crippen LogP contribution in [0.4, 0.5) is 0 Å². The molecule has 0 aromatic heterocycles. The fraction of sp³-hybridized carbons (Fsp3) is 0.407. The number of amides is 1. The van der Waals surface area contributed by atoms with Crippen LogP contribution in [0.2, 0.25) is 5.02 Å². The highest BCUT2D eigenvalue weighted by Gasteiger charge is 2.47. The van der Waals surface area contributed by atoms with Crippen LogP contribution in [-0.2, 0) is 14.3 Å². The Kier molecular flexibility index (Phi) is 7.98. The number of carbonyl (C=O) groups is 2. The molecule has 0 saturated carbocycles. The van der Waals surface area contributed by atoms with E-state index in [1.807, 2.05) is 0 Å². The van der Waals surface area contributed by atoms with Gasteiger partial charge in [-0.15, -0.1) is 0 Å². The number of benzene rings is 2. The number of hydrogen-bond donors (Lipinski definition) is 1. The standard InChI is InChI=1S/C27H30ClNO6/c1-3-4-13-35-21-12-9-18(15-22(21)33-2)24-23(25(30)17-7-10-19(28)11-8-17)26(31)27(32)29(24)16-20-6-5-14-34-20/h7-12,15,20,24,30H,3-6,13-14,16H2,1-2H3/b25-23+. The number of methoxy groups -OCH3 is 1. The van der Waals surface area contributed by atoms with Crippen LogP contribution in [0, 0.1) is 0 Å². The van der Waals surface area contributed by atoms with Crippen molar-refractivity contribution in [2.45, 2.75) is 44.8 Å². The zero-order valence-electron chi connectivity index (χ0n) is 20.0. The molecule has 8 heteroatoms. The number of rotatable bonds is 9. The number of ketones is 1. The maximum Gasteiger partial charge on any atom is 0.295 e. The number of halogens is 1. The molecule has 7 nitrogen and oxygen atoms in total. The lowest BCUT2D eigenvalue weighted by Crippen LogP contribution is -2.36. The molecule has 1 N–H and O–H groups in total. The number of ether oxygens (including phenoxy) is 3. The molecule has 2 saturated heterocycles. The summed E-state index contributed by atoms with van der Waals surface area (Å²) in [5.41, 5.74) is 1.07. The van der Waals surface area contributed by atoms with Crippen molar-refractivity contribution in [2.24, 2.45) is 0 Å². The van der Waals surface area contributed by atoms with Gasteiger partial charge in [0.05, 0.1) is 31.4 Å². The second-order valence-corrected chi connectivity index (χ2v) is 9.14. The molecule has 1 amide bonds. The smallest absolute Gasteiger partial charge is 0.295 e. The number of aliphatic hydroxyl groups excluding tert-OH is 1. The second kappa shape index (κ2) is 11.1. The molecule has 0 bridgehead atoms. The summed E-state index contributed by atoms with van der Waals surface area (Å²) >= 11 is 6.00. The second-order valence-electron chi connectivity index (χ2n) is 8.71. The number of Topliss-reactive ketones (excluding diaryl/α,β-unsaturated/α-hetero) is 1.